The van der Waals surface area contributed by atoms with E-state index in [2.05, 4.69) is 0 Å². The van der Waals surface area contributed by atoms with Gasteiger partial charge in [0.15, 0.2) is 0 Å². The molecule has 2 N–H and O–H groups in total. The van der Waals surface area contributed by atoms with E-state index in [0.717, 1.165) is 5.56 Å². The van der Waals surface area contributed by atoms with Crippen LogP contribution in [0.25, 0.3) is 0 Å². The summed E-state index contributed by atoms with van der Waals surface area (Å²) >= 11 is 0. The maximum atomic E-state index is 12.3. The van der Waals surface area contributed by atoms with Gasteiger partial charge in [-0.1, -0.05) is 0 Å². The number of aromatic hydroxyl groups is 1. The van der Waals surface area contributed by atoms with Gasteiger partial charge < -0.3 is 19.8 Å². The molecule has 0 spiro atoms. The van der Waals surface area contributed by atoms with Gasteiger partial charge in [0.05, 0.1) is 6.10 Å². The van der Waals surface area contributed by atoms with Crippen molar-refractivity contribution in [2.24, 2.45) is 0 Å². The van der Waals surface area contributed by atoms with E-state index in [1.807, 2.05) is 0 Å². The number of phenols is 1. The Morgan fingerprint density at radius 2 is 2.17 bits per heavy atom. The molecule has 0 aliphatic carbocycles. The number of rotatable bonds is 2. The second-order valence-electron chi connectivity index (χ2n) is 4.55. The summed E-state index contributed by atoms with van der Waals surface area (Å²) in [6, 6.07) is 4.63. The molecule has 1 aliphatic rings. The number of carbonyl (C=O) groups is 1. The first-order valence-corrected chi connectivity index (χ1v) is 5.82. The van der Waals surface area contributed by atoms with Gasteiger partial charge in [0.1, 0.15) is 11.9 Å². The van der Waals surface area contributed by atoms with Crippen molar-refractivity contribution >= 4 is 5.91 Å². The SMILES string of the molecule is CO[C@H]1CN(C(=O)c2ccc(O)cc2C)C[C@@H]1O. The van der Waals surface area contributed by atoms with E-state index in [9.17, 15) is 15.0 Å². The topological polar surface area (TPSA) is 70.0 Å². The van der Waals surface area contributed by atoms with Crippen molar-refractivity contribution in [1.29, 1.82) is 0 Å². The summed E-state index contributed by atoms with van der Waals surface area (Å²) in [7, 11) is 1.52. The predicted molar refractivity (Wildman–Crippen MR) is 65.6 cm³/mol. The van der Waals surface area contributed by atoms with Crippen LogP contribution in [0.4, 0.5) is 0 Å². The first kappa shape index (κ1) is 12.9. The van der Waals surface area contributed by atoms with Crippen molar-refractivity contribution in [2.45, 2.75) is 19.1 Å². The largest absolute Gasteiger partial charge is 0.508 e. The molecule has 1 saturated heterocycles. The minimum atomic E-state index is -0.642. The van der Waals surface area contributed by atoms with Crippen molar-refractivity contribution in [1.82, 2.24) is 4.90 Å². The lowest BCUT2D eigenvalue weighted by Gasteiger charge is -2.17. The Balaban J connectivity index is 2.17. The number of aliphatic hydroxyl groups excluding tert-OH is 1. The molecular formula is C13H17NO4. The Hall–Kier alpha value is -1.59. The van der Waals surface area contributed by atoms with E-state index in [1.54, 1.807) is 24.0 Å². The third-order valence-corrected chi connectivity index (χ3v) is 3.27. The zero-order valence-electron chi connectivity index (χ0n) is 10.5. The molecule has 1 aliphatic heterocycles. The van der Waals surface area contributed by atoms with Crippen LogP contribution >= 0.6 is 0 Å². The number of hydrogen-bond acceptors (Lipinski definition) is 4. The summed E-state index contributed by atoms with van der Waals surface area (Å²) in [5.41, 5.74) is 1.26. The molecule has 1 amide bonds. The quantitative estimate of drug-likeness (QED) is 0.804. The molecule has 0 unspecified atom stereocenters. The Bertz CT molecular complexity index is 460. The van der Waals surface area contributed by atoms with Gasteiger partial charge in [0.2, 0.25) is 0 Å². The smallest absolute Gasteiger partial charge is 0.254 e. The van der Waals surface area contributed by atoms with Gasteiger partial charge in [0, 0.05) is 25.8 Å². The Morgan fingerprint density at radius 1 is 1.44 bits per heavy atom. The highest BCUT2D eigenvalue weighted by atomic mass is 16.5. The lowest BCUT2D eigenvalue weighted by atomic mass is 10.1. The molecule has 1 aromatic rings. The highest BCUT2D eigenvalue weighted by Crippen LogP contribution is 2.20. The number of phenolic OH excluding ortho intramolecular Hbond substituents is 1. The van der Waals surface area contributed by atoms with Crippen LogP contribution in [0, 0.1) is 6.92 Å². The first-order valence-electron chi connectivity index (χ1n) is 5.82. The van der Waals surface area contributed by atoms with Crippen LogP contribution < -0.4 is 0 Å². The van der Waals surface area contributed by atoms with Crippen LogP contribution in [0.5, 0.6) is 5.75 Å². The van der Waals surface area contributed by atoms with Crippen molar-refractivity contribution in [3.8, 4) is 5.75 Å². The first-order chi connectivity index (χ1) is 8.52. The van der Waals surface area contributed by atoms with E-state index < -0.39 is 6.10 Å². The molecule has 1 heterocycles. The number of nitrogens with zero attached hydrogens (tertiary/aromatic N) is 1. The summed E-state index contributed by atoms with van der Waals surface area (Å²) in [5.74, 6) is -0.00799. The van der Waals surface area contributed by atoms with Gasteiger partial charge >= 0.3 is 0 Å². The lowest BCUT2D eigenvalue weighted by molar-refractivity contribution is 0.0215. The number of methoxy groups -OCH3 is 1. The third-order valence-electron chi connectivity index (χ3n) is 3.27. The maximum Gasteiger partial charge on any atom is 0.254 e. The molecule has 1 aromatic carbocycles. The van der Waals surface area contributed by atoms with Crippen LogP contribution in [-0.2, 0) is 4.74 Å². The number of likely N-dealkylation sites (tertiary alicyclic amines) is 1. The van der Waals surface area contributed by atoms with Crippen molar-refractivity contribution in [3.63, 3.8) is 0 Å². The number of aliphatic hydroxyl groups is 1. The fourth-order valence-electron chi connectivity index (χ4n) is 2.21. The van der Waals surface area contributed by atoms with Gasteiger partial charge in [-0.3, -0.25) is 4.79 Å². The summed E-state index contributed by atoms with van der Waals surface area (Å²) < 4.78 is 5.11. The number of benzene rings is 1. The second-order valence-corrected chi connectivity index (χ2v) is 4.55. The Kier molecular flexibility index (Phi) is 3.54. The molecule has 0 radical (unpaired) electrons. The minimum Gasteiger partial charge on any atom is -0.508 e. The molecule has 5 nitrogen and oxygen atoms in total. The molecular weight excluding hydrogens is 234 g/mol. The molecule has 0 saturated carbocycles. The molecule has 0 aromatic heterocycles. The van der Waals surface area contributed by atoms with Gasteiger partial charge in [-0.25, -0.2) is 0 Å². The van der Waals surface area contributed by atoms with Crippen LogP contribution in [0.3, 0.4) is 0 Å². The minimum absolute atomic E-state index is 0.139. The summed E-state index contributed by atoms with van der Waals surface area (Å²) in [4.78, 5) is 13.8. The predicted octanol–water partition coefficient (Wildman–Crippen LogP) is 0.532. The standard InChI is InChI=1S/C13H17NO4/c1-8-5-9(15)3-4-10(8)13(17)14-6-11(16)12(7-14)18-2/h3-5,11-12,15-16H,6-7H2,1-2H3/t11-,12-/m0/s1. The van der Waals surface area contributed by atoms with Crippen LogP contribution in [0.2, 0.25) is 0 Å². The van der Waals surface area contributed by atoms with Crippen molar-refractivity contribution in [3.05, 3.63) is 29.3 Å². The Labute approximate surface area is 106 Å². The zero-order chi connectivity index (χ0) is 13.3. The molecule has 2 rings (SSSR count). The average molecular weight is 251 g/mol. The normalized spacial score (nSPS) is 23.4. The van der Waals surface area contributed by atoms with Gasteiger partial charge in [-0.15, -0.1) is 0 Å². The summed E-state index contributed by atoms with van der Waals surface area (Å²) in [5, 5.41) is 19.0. The van der Waals surface area contributed by atoms with Gasteiger partial charge in [0.25, 0.3) is 5.91 Å². The molecule has 1 fully saturated rings. The van der Waals surface area contributed by atoms with E-state index >= 15 is 0 Å². The number of β-amino-alcohol motifs (C(OH)–C–C–N with tert-alkyl or cyclic N) is 1. The summed E-state index contributed by atoms with van der Waals surface area (Å²) in [6.07, 6.45) is -0.970. The monoisotopic (exact) mass is 251 g/mol. The number of ether oxygens (including phenoxy) is 1. The molecule has 98 valence electrons. The number of aryl methyl sites for hydroxylation is 1. The third kappa shape index (κ3) is 2.32. The lowest BCUT2D eigenvalue weighted by Crippen LogP contribution is -2.30. The highest BCUT2D eigenvalue weighted by Gasteiger charge is 2.34. The van der Waals surface area contributed by atoms with Gasteiger partial charge in [-0.05, 0) is 30.7 Å². The number of amides is 1. The molecule has 18 heavy (non-hydrogen) atoms. The fraction of sp³-hybridized carbons (Fsp3) is 0.462. The Morgan fingerprint density at radius 3 is 2.72 bits per heavy atom. The van der Waals surface area contributed by atoms with Crippen LogP contribution in [0.1, 0.15) is 15.9 Å². The number of carbonyl (C=O) groups excluding carboxylic acids is 1. The van der Waals surface area contributed by atoms with Crippen molar-refractivity contribution < 1.29 is 19.7 Å². The van der Waals surface area contributed by atoms with E-state index in [1.165, 1.54) is 13.2 Å². The average Bonchev–Trinajstić information content (AvgIpc) is 2.70. The second kappa shape index (κ2) is 4.96. The van der Waals surface area contributed by atoms with Crippen LogP contribution in [-0.4, -0.2) is 53.4 Å². The van der Waals surface area contributed by atoms with Gasteiger partial charge in [-0.2, -0.15) is 0 Å². The van der Waals surface area contributed by atoms with E-state index in [0.29, 0.717) is 12.1 Å². The molecule has 5 heteroatoms. The van der Waals surface area contributed by atoms with Crippen LogP contribution in [0.15, 0.2) is 18.2 Å². The molecule has 0 bridgehead atoms. The number of hydrogen-bond donors (Lipinski definition) is 2. The van der Waals surface area contributed by atoms with E-state index in [-0.39, 0.29) is 24.3 Å². The molecule has 2 atom stereocenters. The highest BCUT2D eigenvalue weighted by molar-refractivity contribution is 5.96. The fourth-order valence-corrected chi connectivity index (χ4v) is 2.21. The maximum absolute atomic E-state index is 12.3. The van der Waals surface area contributed by atoms with Crippen molar-refractivity contribution in [2.75, 3.05) is 20.2 Å². The van der Waals surface area contributed by atoms with E-state index in [4.69, 9.17) is 4.74 Å². The zero-order valence-corrected chi connectivity index (χ0v) is 10.5. The summed E-state index contributed by atoms with van der Waals surface area (Å²) in [6.45, 7) is 2.43.